The molecule has 0 aliphatic rings. The Kier molecular flexibility index (Phi) is 4.49. The molecule has 4 heteroatoms. The number of aryl methyl sites for hydroxylation is 1. The van der Waals surface area contributed by atoms with E-state index < -0.39 is 0 Å². The Morgan fingerprint density at radius 2 is 2.13 bits per heavy atom. The number of nitrogens with one attached hydrogen (secondary N) is 1. The van der Waals surface area contributed by atoms with Crippen LogP contribution < -0.4 is 5.56 Å². The Balaban J connectivity index is 2.80. The summed E-state index contributed by atoms with van der Waals surface area (Å²) in [6.07, 6.45) is 1.68. The van der Waals surface area contributed by atoms with Crippen molar-refractivity contribution in [3.8, 4) is 0 Å². The number of aromatic nitrogens is 2. The summed E-state index contributed by atoms with van der Waals surface area (Å²) < 4.78 is 5.32. The first kappa shape index (κ1) is 11.9. The molecule has 0 amide bonds. The van der Waals surface area contributed by atoms with Gasteiger partial charge in [0, 0.05) is 17.9 Å². The Morgan fingerprint density at radius 1 is 1.40 bits per heavy atom. The van der Waals surface area contributed by atoms with E-state index in [1.54, 1.807) is 0 Å². The number of H-pyrrole nitrogens is 1. The molecule has 0 aliphatic carbocycles. The molecule has 1 N–H and O–H groups in total. The lowest BCUT2D eigenvalue weighted by Crippen LogP contribution is -2.19. The second-order valence-electron chi connectivity index (χ2n) is 3.48. The maximum atomic E-state index is 11.6. The maximum Gasteiger partial charge on any atom is 0.254 e. The van der Waals surface area contributed by atoms with Gasteiger partial charge in [0.15, 0.2) is 0 Å². The Bertz CT molecular complexity index is 371. The van der Waals surface area contributed by atoms with Crippen LogP contribution in [0.2, 0.25) is 0 Å². The minimum absolute atomic E-state index is 0.0416. The Labute approximate surface area is 89.7 Å². The molecule has 1 heterocycles. The van der Waals surface area contributed by atoms with E-state index in [4.69, 9.17) is 4.74 Å². The van der Waals surface area contributed by atoms with Gasteiger partial charge in [-0.25, -0.2) is 4.98 Å². The predicted molar refractivity (Wildman–Crippen MR) is 58.9 cm³/mol. The molecule has 15 heavy (non-hydrogen) atoms. The molecule has 0 radical (unpaired) electrons. The second-order valence-corrected chi connectivity index (χ2v) is 3.48. The quantitative estimate of drug-likeness (QED) is 0.750. The second kappa shape index (κ2) is 5.66. The van der Waals surface area contributed by atoms with Gasteiger partial charge in [-0.05, 0) is 19.8 Å². The molecule has 0 spiro atoms. The zero-order valence-corrected chi connectivity index (χ0v) is 9.59. The highest BCUT2D eigenvalue weighted by molar-refractivity contribution is 5.15. The van der Waals surface area contributed by atoms with Crippen molar-refractivity contribution in [1.82, 2.24) is 9.97 Å². The van der Waals surface area contributed by atoms with E-state index in [1.807, 2.05) is 20.8 Å². The summed E-state index contributed by atoms with van der Waals surface area (Å²) in [7, 11) is 0. The first-order valence-electron chi connectivity index (χ1n) is 5.35. The highest BCUT2D eigenvalue weighted by Gasteiger charge is 2.05. The van der Waals surface area contributed by atoms with E-state index in [1.165, 1.54) is 0 Å². The molecule has 1 aromatic rings. The number of hydrogen-bond donors (Lipinski definition) is 1. The third kappa shape index (κ3) is 3.16. The number of nitrogens with zero attached hydrogens (tertiary/aromatic N) is 1. The lowest BCUT2D eigenvalue weighted by atomic mass is 10.2. The lowest BCUT2D eigenvalue weighted by Gasteiger charge is -2.05. The molecular weight excluding hydrogens is 192 g/mol. The standard InChI is InChI=1S/C11H18N2O2/c1-4-6-15-7-10-12-8(3)9(5-2)11(14)13-10/h4-7H2,1-3H3,(H,12,13,14). The lowest BCUT2D eigenvalue weighted by molar-refractivity contribution is 0.115. The summed E-state index contributed by atoms with van der Waals surface area (Å²) in [5.74, 6) is 0.614. The smallest absolute Gasteiger partial charge is 0.254 e. The van der Waals surface area contributed by atoms with Crippen molar-refractivity contribution in [1.29, 1.82) is 0 Å². The summed E-state index contributed by atoms with van der Waals surface area (Å²) >= 11 is 0. The maximum absolute atomic E-state index is 11.6. The summed E-state index contributed by atoms with van der Waals surface area (Å²) in [5, 5.41) is 0. The van der Waals surface area contributed by atoms with Gasteiger partial charge in [0.25, 0.3) is 5.56 Å². The van der Waals surface area contributed by atoms with E-state index in [2.05, 4.69) is 9.97 Å². The van der Waals surface area contributed by atoms with Crippen LogP contribution in [0.4, 0.5) is 0 Å². The Morgan fingerprint density at radius 3 is 2.67 bits per heavy atom. The monoisotopic (exact) mass is 210 g/mol. The van der Waals surface area contributed by atoms with Crippen LogP contribution in [0.25, 0.3) is 0 Å². The van der Waals surface area contributed by atoms with Gasteiger partial charge in [0.05, 0.1) is 0 Å². The van der Waals surface area contributed by atoms with Gasteiger partial charge in [0.1, 0.15) is 12.4 Å². The van der Waals surface area contributed by atoms with Crippen LogP contribution in [0, 0.1) is 6.92 Å². The summed E-state index contributed by atoms with van der Waals surface area (Å²) in [6, 6.07) is 0. The van der Waals surface area contributed by atoms with Crippen molar-refractivity contribution in [2.75, 3.05) is 6.61 Å². The highest BCUT2D eigenvalue weighted by atomic mass is 16.5. The van der Waals surface area contributed by atoms with E-state index in [0.29, 0.717) is 25.5 Å². The van der Waals surface area contributed by atoms with Gasteiger partial charge in [-0.2, -0.15) is 0 Å². The van der Waals surface area contributed by atoms with Crippen LogP contribution in [-0.2, 0) is 17.8 Å². The summed E-state index contributed by atoms with van der Waals surface area (Å²) in [6.45, 7) is 6.93. The molecule has 4 nitrogen and oxygen atoms in total. The first-order valence-corrected chi connectivity index (χ1v) is 5.35. The topological polar surface area (TPSA) is 55.0 Å². The normalized spacial score (nSPS) is 10.6. The van der Waals surface area contributed by atoms with Gasteiger partial charge in [-0.3, -0.25) is 4.79 Å². The van der Waals surface area contributed by atoms with Gasteiger partial charge >= 0.3 is 0 Å². The van der Waals surface area contributed by atoms with Crippen LogP contribution in [0.3, 0.4) is 0 Å². The van der Waals surface area contributed by atoms with Gasteiger partial charge in [-0.15, -0.1) is 0 Å². The van der Waals surface area contributed by atoms with Gasteiger partial charge in [0.2, 0.25) is 0 Å². The predicted octanol–water partition coefficient (Wildman–Crippen LogP) is 1.57. The molecule has 0 aromatic carbocycles. The molecule has 0 unspecified atom stereocenters. The third-order valence-corrected chi connectivity index (χ3v) is 2.21. The van der Waals surface area contributed by atoms with Crippen LogP contribution in [-0.4, -0.2) is 16.6 Å². The molecule has 84 valence electrons. The molecule has 0 atom stereocenters. The fourth-order valence-electron chi connectivity index (χ4n) is 1.47. The van der Waals surface area contributed by atoms with E-state index in [9.17, 15) is 4.79 Å². The van der Waals surface area contributed by atoms with Crippen molar-refractivity contribution < 1.29 is 4.74 Å². The van der Waals surface area contributed by atoms with Crippen LogP contribution in [0.15, 0.2) is 4.79 Å². The summed E-state index contributed by atoms with van der Waals surface area (Å²) in [4.78, 5) is 18.6. The molecule has 0 fully saturated rings. The van der Waals surface area contributed by atoms with Crippen molar-refractivity contribution in [2.24, 2.45) is 0 Å². The zero-order chi connectivity index (χ0) is 11.3. The largest absolute Gasteiger partial charge is 0.374 e. The molecular formula is C11H18N2O2. The number of rotatable bonds is 5. The molecule has 0 bridgehead atoms. The molecule has 0 aliphatic heterocycles. The molecule has 1 aromatic heterocycles. The average Bonchev–Trinajstić information content (AvgIpc) is 2.18. The Hall–Kier alpha value is -1.16. The number of aromatic amines is 1. The average molecular weight is 210 g/mol. The third-order valence-electron chi connectivity index (χ3n) is 2.21. The fourth-order valence-corrected chi connectivity index (χ4v) is 1.47. The first-order chi connectivity index (χ1) is 7.19. The van der Waals surface area contributed by atoms with Crippen LogP contribution in [0.1, 0.15) is 37.4 Å². The van der Waals surface area contributed by atoms with E-state index in [-0.39, 0.29) is 5.56 Å². The fraction of sp³-hybridized carbons (Fsp3) is 0.636. The van der Waals surface area contributed by atoms with Gasteiger partial charge in [-0.1, -0.05) is 13.8 Å². The van der Waals surface area contributed by atoms with Gasteiger partial charge < -0.3 is 9.72 Å². The number of hydrogen-bond acceptors (Lipinski definition) is 3. The zero-order valence-electron chi connectivity index (χ0n) is 9.59. The SMILES string of the molecule is CCCOCc1nc(C)c(CC)c(=O)[nH]1. The van der Waals surface area contributed by atoms with Crippen molar-refractivity contribution >= 4 is 0 Å². The van der Waals surface area contributed by atoms with Crippen LogP contribution in [0.5, 0.6) is 0 Å². The van der Waals surface area contributed by atoms with Crippen molar-refractivity contribution in [2.45, 2.75) is 40.2 Å². The van der Waals surface area contributed by atoms with Crippen LogP contribution >= 0.6 is 0 Å². The molecule has 1 rings (SSSR count). The minimum atomic E-state index is -0.0416. The van der Waals surface area contributed by atoms with Crippen molar-refractivity contribution in [3.63, 3.8) is 0 Å². The minimum Gasteiger partial charge on any atom is -0.374 e. The highest BCUT2D eigenvalue weighted by Crippen LogP contribution is 2.00. The van der Waals surface area contributed by atoms with E-state index in [0.717, 1.165) is 17.7 Å². The molecule has 0 saturated heterocycles. The number of ether oxygens (including phenoxy) is 1. The summed E-state index contributed by atoms with van der Waals surface area (Å²) in [5.41, 5.74) is 1.52. The molecule has 0 saturated carbocycles. The van der Waals surface area contributed by atoms with E-state index >= 15 is 0 Å². The van der Waals surface area contributed by atoms with Crippen molar-refractivity contribution in [3.05, 3.63) is 27.4 Å².